The molecule has 0 fully saturated rings. The second-order valence-corrected chi connectivity index (χ2v) is 8.67. The van der Waals surface area contributed by atoms with Gasteiger partial charge in [-0.3, -0.25) is 4.79 Å². The molecular formula is C25H28N5O5S+. The summed E-state index contributed by atoms with van der Waals surface area (Å²) in [5.74, 6) is 1.93. The first-order chi connectivity index (χ1) is 17.5. The molecule has 36 heavy (non-hydrogen) atoms. The third kappa shape index (κ3) is 5.11. The van der Waals surface area contributed by atoms with Crippen molar-refractivity contribution in [2.45, 2.75) is 12.5 Å². The normalized spacial score (nSPS) is 11.6. The summed E-state index contributed by atoms with van der Waals surface area (Å²) in [4.78, 5) is 20.8. The van der Waals surface area contributed by atoms with Crippen LogP contribution >= 0.6 is 11.5 Å². The molecule has 0 saturated heterocycles. The number of ether oxygens (including phenoxy) is 4. The number of hydrogen-bond donors (Lipinski definition) is 3. The molecule has 1 amide bonds. The summed E-state index contributed by atoms with van der Waals surface area (Å²) in [5, 5.41) is 2.95. The number of benzene rings is 2. The Hall–Kier alpha value is -4.09. The number of aromatic nitrogens is 3. The minimum atomic E-state index is -0.517. The van der Waals surface area contributed by atoms with Gasteiger partial charge in [0.2, 0.25) is 5.75 Å². The fraction of sp³-hybridized carbons (Fsp3) is 0.240. The van der Waals surface area contributed by atoms with Crippen molar-refractivity contribution < 1.29 is 29.5 Å². The molecule has 0 saturated carbocycles. The van der Waals surface area contributed by atoms with Crippen molar-refractivity contribution in [1.29, 1.82) is 0 Å². The van der Waals surface area contributed by atoms with Gasteiger partial charge in [0, 0.05) is 29.2 Å². The van der Waals surface area contributed by atoms with Gasteiger partial charge in [-0.1, -0.05) is 6.07 Å². The van der Waals surface area contributed by atoms with Crippen LogP contribution in [0.25, 0.3) is 21.6 Å². The van der Waals surface area contributed by atoms with E-state index in [1.807, 2.05) is 30.3 Å². The average Bonchev–Trinajstić information content (AvgIpc) is 3.60. The standard InChI is InChI=1S/C25H27N5O5S/c1-32-20-6-5-14(7-19(20)30-25(31)18(26)10-16-11-27-13-28-16)17-12-29-36-24(17)15-8-21(33-2)23(35-4)22(9-15)34-3/h5-9,11-13,18H,10,26H2,1-4H3,(H,27,28)(H,30,31)/p+1/t18-/m0/s1. The Kier molecular flexibility index (Phi) is 7.71. The van der Waals surface area contributed by atoms with Crippen LogP contribution in [-0.2, 0) is 11.2 Å². The van der Waals surface area contributed by atoms with E-state index in [9.17, 15) is 4.79 Å². The number of carbonyl (C=O) groups excluding carboxylic acids is 1. The first-order valence-corrected chi connectivity index (χ1v) is 11.8. The van der Waals surface area contributed by atoms with Gasteiger partial charge < -0.3 is 35.0 Å². The Morgan fingerprint density at radius 3 is 2.33 bits per heavy atom. The van der Waals surface area contributed by atoms with E-state index in [0.717, 1.165) is 27.3 Å². The highest BCUT2D eigenvalue weighted by molar-refractivity contribution is 7.10. The molecule has 4 rings (SSSR count). The number of nitrogens with one attached hydrogen (secondary N) is 2. The van der Waals surface area contributed by atoms with Gasteiger partial charge in [-0.15, -0.1) is 0 Å². The molecule has 5 N–H and O–H groups in total. The van der Waals surface area contributed by atoms with Crippen LogP contribution in [0.5, 0.6) is 23.0 Å². The Morgan fingerprint density at radius 2 is 1.72 bits per heavy atom. The topological polar surface area (TPSA) is 135 Å². The first-order valence-electron chi connectivity index (χ1n) is 11.0. The van der Waals surface area contributed by atoms with Gasteiger partial charge in [0.1, 0.15) is 5.75 Å². The molecule has 0 unspecified atom stereocenters. The Bertz CT molecular complexity index is 1310. The smallest absolute Gasteiger partial charge is 0.283 e. The lowest BCUT2D eigenvalue weighted by Gasteiger charge is -2.15. The van der Waals surface area contributed by atoms with Crippen LogP contribution in [0.1, 0.15) is 5.69 Å². The number of rotatable bonds is 10. The minimum Gasteiger partial charge on any atom is -0.495 e. The van der Waals surface area contributed by atoms with Crippen molar-refractivity contribution in [3.05, 3.63) is 54.7 Å². The number of anilines is 1. The largest absolute Gasteiger partial charge is 0.495 e. The molecule has 188 valence electrons. The van der Waals surface area contributed by atoms with E-state index < -0.39 is 6.04 Å². The number of H-pyrrole nitrogens is 1. The number of aromatic amines is 1. The van der Waals surface area contributed by atoms with Crippen LogP contribution in [0.4, 0.5) is 5.69 Å². The number of nitrogens with zero attached hydrogens (tertiary/aromatic N) is 2. The number of methoxy groups -OCH3 is 4. The zero-order chi connectivity index (χ0) is 25.7. The van der Waals surface area contributed by atoms with E-state index in [0.29, 0.717) is 35.1 Å². The fourth-order valence-corrected chi connectivity index (χ4v) is 4.58. The molecule has 0 aliphatic heterocycles. The summed E-state index contributed by atoms with van der Waals surface area (Å²) >= 11 is 1.35. The van der Waals surface area contributed by atoms with Crippen molar-refractivity contribution in [1.82, 2.24) is 14.3 Å². The van der Waals surface area contributed by atoms with Gasteiger partial charge in [-0.25, -0.2) is 4.98 Å². The summed E-state index contributed by atoms with van der Waals surface area (Å²) in [6.45, 7) is 0. The van der Waals surface area contributed by atoms with E-state index in [1.54, 1.807) is 47.2 Å². The van der Waals surface area contributed by atoms with Gasteiger partial charge in [-0.2, -0.15) is 4.37 Å². The van der Waals surface area contributed by atoms with Crippen LogP contribution in [0, 0.1) is 0 Å². The molecule has 4 aromatic rings. The summed E-state index contributed by atoms with van der Waals surface area (Å²) in [6.07, 6.45) is 5.49. The molecule has 0 radical (unpaired) electrons. The van der Waals surface area contributed by atoms with Crippen molar-refractivity contribution in [2.24, 2.45) is 0 Å². The lowest BCUT2D eigenvalue weighted by atomic mass is 10.0. The highest BCUT2D eigenvalue weighted by atomic mass is 32.1. The third-order valence-electron chi connectivity index (χ3n) is 5.66. The van der Waals surface area contributed by atoms with Gasteiger partial charge in [0.15, 0.2) is 17.5 Å². The number of hydrogen-bond acceptors (Lipinski definition) is 8. The minimum absolute atomic E-state index is 0.228. The molecule has 11 heteroatoms. The maximum atomic E-state index is 12.9. The second kappa shape index (κ2) is 11.1. The Balaban J connectivity index is 1.67. The van der Waals surface area contributed by atoms with Crippen molar-refractivity contribution in [3.8, 4) is 44.6 Å². The molecule has 0 spiro atoms. The van der Waals surface area contributed by atoms with Crippen molar-refractivity contribution in [2.75, 3.05) is 33.8 Å². The van der Waals surface area contributed by atoms with E-state index in [1.165, 1.54) is 11.5 Å². The quantitative estimate of drug-likeness (QED) is 0.298. The average molecular weight is 511 g/mol. The SMILES string of the molecule is COc1ccc(-c2cnsc2-c2cc(OC)c(OC)c(OC)c2)cc1NC(=O)[C@@H]([NH3+])Cc1cnc[nH]1. The third-order valence-corrected chi connectivity index (χ3v) is 6.51. The molecule has 0 bridgehead atoms. The summed E-state index contributed by atoms with van der Waals surface area (Å²) in [5.41, 5.74) is 7.98. The van der Waals surface area contributed by atoms with Crippen LogP contribution in [0.15, 0.2) is 49.1 Å². The lowest BCUT2D eigenvalue weighted by molar-refractivity contribution is -0.402. The number of imidazole rings is 1. The van der Waals surface area contributed by atoms with E-state index >= 15 is 0 Å². The maximum Gasteiger partial charge on any atom is 0.283 e. The van der Waals surface area contributed by atoms with Crippen molar-refractivity contribution >= 4 is 23.1 Å². The molecule has 10 nitrogen and oxygen atoms in total. The van der Waals surface area contributed by atoms with Crippen LogP contribution in [0.2, 0.25) is 0 Å². The molecule has 0 aliphatic carbocycles. The Labute approximate surface area is 212 Å². The summed E-state index contributed by atoms with van der Waals surface area (Å²) < 4.78 is 26.4. The highest BCUT2D eigenvalue weighted by Crippen LogP contribution is 2.45. The van der Waals surface area contributed by atoms with E-state index in [2.05, 4.69) is 25.4 Å². The van der Waals surface area contributed by atoms with Gasteiger partial charge in [0.05, 0.1) is 51.8 Å². The van der Waals surface area contributed by atoms with E-state index in [4.69, 9.17) is 18.9 Å². The zero-order valence-corrected chi connectivity index (χ0v) is 21.3. The molecule has 1 atom stereocenters. The van der Waals surface area contributed by atoms with Gasteiger partial charge in [-0.05, 0) is 41.4 Å². The number of carbonyl (C=O) groups is 1. The molecule has 2 heterocycles. The monoisotopic (exact) mass is 510 g/mol. The van der Waals surface area contributed by atoms with E-state index in [-0.39, 0.29) is 5.91 Å². The second-order valence-electron chi connectivity index (χ2n) is 7.86. The Morgan fingerprint density at radius 1 is 1.00 bits per heavy atom. The predicted molar refractivity (Wildman–Crippen MR) is 137 cm³/mol. The number of amides is 1. The van der Waals surface area contributed by atoms with Crippen molar-refractivity contribution in [3.63, 3.8) is 0 Å². The molecule has 0 aliphatic rings. The fourth-order valence-electron chi connectivity index (χ4n) is 3.83. The zero-order valence-electron chi connectivity index (χ0n) is 20.5. The molecule has 2 aromatic heterocycles. The van der Waals surface area contributed by atoms with Gasteiger partial charge >= 0.3 is 0 Å². The summed E-state index contributed by atoms with van der Waals surface area (Å²) in [6, 6.07) is 8.85. The van der Waals surface area contributed by atoms with Crippen LogP contribution < -0.4 is 30.0 Å². The van der Waals surface area contributed by atoms with Crippen LogP contribution in [-0.4, -0.2) is 54.7 Å². The lowest BCUT2D eigenvalue weighted by Crippen LogP contribution is -2.67. The highest BCUT2D eigenvalue weighted by Gasteiger charge is 2.22. The van der Waals surface area contributed by atoms with Crippen LogP contribution in [0.3, 0.4) is 0 Å². The maximum absolute atomic E-state index is 12.9. The van der Waals surface area contributed by atoms with Gasteiger partial charge in [0.25, 0.3) is 5.91 Å². The predicted octanol–water partition coefficient (Wildman–Crippen LogP) is 3.03. The number of quaternary nitrogens is 1. The molecule has 2 aromatic carbocycles. The first kappa shape index (κ1) is 25.0. The summed E-state index contributed by atoms with van der Waals surface area (Å²) in [7, 11) is 6.28. The molecular weight excluding hydrogens is 482 g/mol.